The lowest BCUT2D eigenvalue weighted by atomic mass is 9.44. The zero-order valence-electron chi connectivity index (χ0n) is 19.6. The second-order valence-electron chi connectivity index (χ2n) is 12.6. The van der Waals surface area contributed by atoms with Crippen LogP contribution in [0.1, 0.15) is 112 Å². The van der Waals surface area contributed by atoms with Crippen LogP contribution in [0.2, 0.25) is 0 Å². The van der Waals surface area contributed by atoms with E-state index in [1.165, 1.54) is 64.2 Å². The van der Waals surface area contributed by atoms with Crippen LogP contribution in [0.15, 0.2) is 0 Å². The smallest absolute Gasteiger partial charge is 0.0545 e. The lowest BCUT2D eigenvalue weighted by Crippen LogP contribution is -2.54. The Kier molecular flexibility index (Phi) is 5.98. The molecule has 4 aliphatic carbocycles. The van der Waals surface area contributed by atoms with E-state index in [0.29, 0.717) is 10.8 Å². The Morgan fingerprint density at radius 3 is 2.29 bits per heavy atom. The molecule has 0 aromatic heterocycles. The van der Waals surface area contributed by atoms with Crippen molar-refractivity contribution in [3.63, 3.8) is 0 Å². The van der Waals surface area contributed by atoms with E-state index < -0.39 is 0 Å². The molecule has 0 bridgehead atoms. The van der Waals surface area contributed by atoms with Gasteiger partial charge in [-0.1, -0.05) is 53.9 Å². The second-order valence-corrected chi connectivity index (χ2v) is 12.6. The standard InChI is InChI=1S/C27H48O/c1-18(2)7-6-8-19(3)23-13-14-24-22-12-10-20-9-11-21(28)17-27(20,5)25(22)15-16-26(23,24)4/h18-25,28H,6-17H2,1-5H3/t19-,20-,21+,22+,23+,24-,25+,26+,27+/m1/s1. The molecule has 1 N–H and O–H groups in total. The third-order valence-electron chi connectivity index (χ3n) is 10.8. The van der Waals surface area contributed by atoms with Crippen molar-refractivity contribution in [1.82, 2.24) is 0 Å². The van der Waals surface area contributed by atoms with Crippen molar-refractivity contribution >= 4 is 0 Å². The third-order valence-corrected chi connectivity index (χ3v) is 10.8. The first-order chi connectivity index (χ1) is 13.3. The maximum absolute atomic E-state index is 10.5. The summed E-state index contributed by atoms with van der Waals surface area (Å²) in [5.41, 5.74) is 1.04. The molecule has 1 heteroatoms. The van der Waals surface area contributed by atoms with Crippen molar-refractivity contribution in [3.05, 3.63) is 0 Å². The molecule has 0 radical (unpaired) electrons. The number of hydrogen-bond acceptors (Lipinski definition) is 1. The van der Waals surface area contributed by atoms with Crippen molar-refractivity contribution in [3.8, 4) is 0 Å². The molecule has 4 rings (SSSR count). The van der Waals surface area contributed by atoms with E-state index >= 15 is 0 Å². The van der Waals surface area contributed by atoms with Crippen LogP contribution < -0.4 is 0 Å². The topological polar surface area (TPSA) is 20.2 Å². The van der Waals surface area contributed by atoms with Gasteiger partial charge >= 0.3 is 0 Å². The first kappa shape index (κ1) is 21.2. The van der Waals surface area contributed by atoms with Gasteiger partial charge in [0.15, 0.2) is 0 Å². The molecule has 28 heavy (non-hydrogen) atoms. The fourth-order valence-corrected chi connectivity index (χ4v) is 9.35. The average molecular weight is 389 g/mol. The molecule has 4 aliphatic rings. The third kappa shape index (κ3) is 3.50. The molecule has 1 nitrogen and oxygen atoms in total. The van der Waals surface area contributed by atoms with Crippen LogP contribution in [0, 0.1) is 52.3 Å². The Bertz CT molecular complexity index is 540. The summed E-state index contributed by atoms with van der Waals surface area (Å²) in [6.45, 7) is 12.6. The molecular formula is C27H48O. The van der Waals surface area contributed by atoms with Gasteiger partial charge in [0.1, 0.15) is 0 Å². The van der Waals surface area contributed by atoms with Gasteiger partial charge in [0.05, 0.1) is 6.10 Å². The van der Waals surface area contributed by atoms with Crippen LogP contribution >= 0.6 is 0 Å². The van der Waals surface area contributed by atoms with Crippen LogP contribution in [-0.4, -0.2) is 11.2 Å². The fraction of sp³-hybridized carbons (Fsp3) is 1.00. The molecule has 0 aromatic carbocycles. The van der Waals surface area contributed by atoms with Gasteiger partial charge < -0.3 is 5.11 Å². The van der Waals surface area contributed by atoms with Crippen molar-refractivity contribution in [2.75, 3.05) is 0 Å². The molecular weight excluding hydrogens is 340 g/mol. The van der Waals surface area contributed by atoms with Gasteiger partial charge in [-0.25, -0.2) is 0 Å². The predicted octanol–water partition coefficient (Wildman–Crippen LogP) is 7.47. The minimum absolute atomic E-state index is 0.0226. The average Bonchev–Trinajstić information content (AvgIpc) is 2.98. The molecule has 0 aromatic rings. The highest BCUT2D eigenvalue weighted by molar-refractivity contribution is 5.09. The highest BCUT2D eigenvalue weighted by Gasteiger charge is 2.60. The van der Waals surface area contributed by atoms with Gasteiger partial charge in [-0.15, -0.1) is 0 Å². The van der Waals surface area contributed by atoms with Gasteiger partial charge in [0.2, 0.25) is 0 Å². The summed E-state index contributed by atoms with van der Waals surface area (Å²) in [4.78, 5) is 0. The summed E-state index contributed by atoms with van der Waals surface area (Å²) in [7, 11) is 0. The van der Waals surface area contributed by atoms with E-state index in [1.807, 2.05) is 0 Å². The van der Waals surface area contributed by atoms with Gasteiger partial charge in [-0.2, -0.15) is 0 Å². The van der Waals surface area contributed by atoms with Gasteiger partial charge in [0.25, 0.3) is 0 Å². The van der Waals surface area contributed by atoms with Gasteiger partial charge in [-0.05, 0) is 110 Å². The van der Waals surface area contributed by atoms with E-state index in [4.69, 9.17) is 0 Å². The van der Waals surface area contributed by atoms with Gasteiger partial charge in [0, 0.05) is 0 Å². The second kappa shape index (κ2) is 7.90. The molecule has 0 amide bonds. The molecule has 0 unspecified atom stereocenters. The van der Waals surface area contributed by atoms with Crippen LogP contribution in [0.4, 0.5) is 0 Å². The van der Waals surface area contributed by atoms with Crippen molar-refractivity contribution in [2.45, 2.75) is 118 Å². The summed E-state index contributed by atoms with van der Waals surface area (Å²) in [6.07, 6.45) is 16.6. The molecule has 162 valence electrons. The van der Waals surface area contributed by atoms with E-state index in [-0.39, 0.29) is 6.10 Å². The zero-order valence-corrected chi connectivity index (χ0v) is 19.6. The highest BCUT2D eigenvalue weighted by Crippen LogP contribution is 2.68. The van der Waals surface area contributed by atoms with Crippen LogP contribution in [0.25, 0.3) is 0 Å². The van der Waals surface area contributed by atoms with Crippen LogP contribution in [0.3, 0.4) is 0 Å². The first-order valence-corrected chi connectivity index (χ1v) is 12.9. The molecule has 0 spiro atoms. The molecule has 9 atom stereocenters. The monoisotopic (exact) mass is 388 g/mol. The highest BCUT2D eigenvalue weighted by atomic mass is 16.3. The quantitative estimate of drug-likeness (QED) is 0.518. The molecule has 0 aliphatic heterocycles. The molecule has 4 saturated carbocycles. The maximum Gasteiger partial charge on any atom is 0.0545 e. The molecule has 4 fully saturated rings. The van der Waals surface area contributed by atoms with E-state index in [9.17, 15) is 5.11 Å². The Hall–Kier alpha value is -0.0400. The van der Waals surface area contributed by atoms with E-state index in [2.05, 4.69) is 34.6 Å². The number of rotatable bonds is 5. The molecule has 0 heterocycles. The summed E-state index contributed by atoms with van der Waals surface area (Å²) >= 11 is 0. The SMILES string of the molecule is CC(C)CCC[C@@H](C)[C@@H]1CC[C@@H]2[C@@H]3CC[C@H]4CC[C@H](O)C[C@]4(C)[C@H]3CC[C@]21C. The van der Waals surface area contributed by atoms with E-state index in [1.54, 1.807) is 0 Å². The first-order valence-electron chi connectivity index (χ1n) is 12.9. The van der Waals surface area contributed by atoms with Crippen molar-refractivity contribution in [1.29, 1.82) is 0 Å². The van der Waals surface area contributed by atoms with Crippen LogP contribution in [0.5, 0.6) is 0 Å². The minimum atomic E-state index is -0.0226. The number of aliphatic hydroxyl groups is 1. The van der Waals surface area contributed by atoms with Crippen LogP contribution in [-0.2, 0) is 0 Å². The maximum atomic E-state index is 10.5. The minimum Gasteiger partial charge on any atom is -0.393 e. The zero-order chi connectivity index (χ0) is 20.1. The fourth-order valence-electron chi connectivity index (χ4n) is 9.35. The summed E-state index contributed by atoms with van der Waals surface area (Å²) < 4.78 is 0. The van der Waals surface area contributed by atoms with E-state index in [0.717, 1.165) is 54.3 Å². The summed E-state index contributed by atoms with van der Waals surface area (Å²) in [5.74, 6) is 6.46. The number of fused-ring (bicyclic) bond motifs is 5. The van der Waals surface area contributed by atoms with Crippen molar-refractivity contribution < 1.29 is 5.11 Å². The lowest BCUT2D eigenvalue weighted by molar-refractivity contribution is -0.132. The van der Waals surface area contributed by atoms with Gasteiger partial charge in [-0.3, -0.25) is 0 Å². The lowest BCUT2D eigenvalue weighted by Gasteiger charge is -2.61. The summed E-state index contributed by atoms with van der Waals surface area (Å²) in [6, 6.07) is 0. The Labute approximate surface area is 175 Å². The normalized spacial score (nSPS) is 49.4. The Balaban J connectivity index is 1.47. The van der Waals surface area contributed by atoms with Crippen molar-refractivity contribution in [2.24, 2.45) is 52.3 Å². The predicted molar refractivity (Wildman–Crippen MR) is 119 cm³/mol. The Morgan fingerprint density at radius 1 is 0.821 bits per heavy atom. The Morgan fingerprint density at radius 2 is 1.54 bits per heavy atom. The molecule has 0 saturated heterocycles. The largest absolute Gasteiger partial charge is 0.393 e. The summed E-state index contributed by atoms with van der Waals surface area (Å²) in [5, 5.41) is 10.5. The number of aliphatic hydroxyl groups excluding tert-OH is 1. The number of hydrogen-bond donors (Lipinski definition) is 1.